The van der Waals surface area contributed by atoms with Crippen molar-refractivity contribution in [2.75, 3.05) is 0 Å². The van der Waals surface area contributed by atoms with Crippen molar-refractivity contribution in [2.24, 2.45) is 0 Å². The molecule has 0 bridgehead atoms. The van der Waals surface area contributed by atoms with Gasteiger partial charge < -0.3 is 0 Å². The van der Waals surface area contributed by atoms with E-state index in [1.807, 2.05) is 71.2 Å². The second-order valence-electron chi connectivity index (χ2n) is 15.3. The monoisotopic (exact) mass is 906 g/mol. The highest BCUT2D eigenvalue weighted by molar-refractivity contribution is 7.28. The van der Waals surface area contributed by atoms with E-state index < -0.39 is 0 Å². The van der Waals surface area contributed by atoms with Gasteiger partial charge in [0.25, 0.3) is 0 Å². The SMILES string of the molecule is Cc1cc(C)c(-c2c3cc(-c4ccc(/C=c5/ccc(=C(C#N)C#N)s5)s4)sc3c(-c3c(C)cc(C)cc3C)c3cc(-c4ccc(/C=c5/ccc(=C(C#N)C#N)s5)s4)sc23)c(C)c1. The highest BCUT2D eigenvalue weighted by Crippen LogP contribution is 2.55. The summed E-state index contributed by atoms with van der Waals surface area (Å²) in [6.45, 7) is 13.3. The van der Waals surface area contributed by atoms with E-state index in [9.17, 15) is 21.0 Å². The van der Waals surface area contributed by atoms with E-state index in [4.69, 9.17) is 0 Å². The Bertz CT molecular complexity index is 3390. The normalized spacial score (nSPS) is 11.8. The summed E-state index contributed by atoms with van der Waals surface area (Å²) in [4.78, 5) is 7.05. The van der Waals surface area contributed by atoms with Gasteiger partial charge >= 0.3 is 0 Å². The van der Waals surface area contributed by atoms with Gasteiger partial charge in [-0.05, 0) is 148 Å². The number of benzene rings is 3. The maximum Gasteiger partial charge on any atom is 0.146 e. The van der Waals surface area contributed by atoms with Crippen LogP contribution in [0.15, 0.2) is 84.9 Å². The molecule has 6 aromatic heterocycles. The molecule has 0 aliphatic heterocycles. The number of hydrogen-bond donors (Lipinski definition) is 0. The Kier molecular flexibility index (Phi) is 11.0. The Balaban J connectivity index is 1.29. The van der Waals surface area contributed by atoms with Gasteiger partial charge in [0.1, 0.15) is 35.4 Å². The quantitative estimate of drug-likeness (QED) is 0.166. The fourth-order valence-electron chi connectivity index (χ4n) is 8.46. The minimum Gasteiger partial charge on any atom is -0.192 e. The summed E-state index contributed by atoms with van der Waals surface area (Å²) in [6.07, 6.45) is 4.27. The summed E-state index contributed by atoms with van der Waals surface area (Å²) in [6, 6.07) is 38.5. The van der Waals surface area contributed by atoms with Crippen molar-refractivity contribution in [3.63, 3.8) is 0 Å². The number of nitrogens with zero attached hydrogens (tertiary/aromatic N) is 4. The summed E-state index contributed by atoms with van der Waals surface area (Å²) in [5.74, 6) is 0. The molecule has 3 aromatic carbocycles. The molecule has 298 valence electrons. The molecule has 4 nitrogen and oxygen atoms in total. The molecule has 0 saturated carbocycles. The van der Waals surface area contributed by atoms with E-state index in [2.05, 4.69) is 114 Å². The summed E-state index contributed by atoms with van der Waals surface area (Å²) in [7, 11) is 0. The lowest BCUT2D eigenvalue weighted by atomic mass is 9.86. The minimum atomic E-state index is 0.138. The van der Waals surface area contributed by atoms with Crippen LogP contribution < -0.4 is 18.1 Å². The van der Waals surface area contributed by atoms with Crippen LogP contribution in [0.25, 0.3) is 85.2 Å². The van der Waals surface area contributed by atoms with Crippen LogP contribution in [-0.4, -0.2) is 0 Å². The van der Waals surface area contributed by atoms with Gasteiger partial charge in [0, 0.05) is 69.6 Å². The van der Waals surface area contributed by atoms with E-state index in [0.717, 1.165) is 18.8 Å². The Labute approximate surface area is 383 Å². The van der Waals surface area contributed by atoms with Gasteiger partial charge in [-0.3, -0.25) is 0 Å². The van der Waals surface area contributed by atoms with Crippen molar-refractivity contribution in [1.29, 1.82) is 21.0 Å². The molecule has 0 unspecified atom stereocenters. The molecule has 62 heavy (non-hydrogen) atoms. The molecule has 10 heteroatoms. The van der Waals surface area contributed by atoms with Gasteiger partial charge in [-0.25, -0.2) is 0 Å². The molecule has 0 fully saturated rings. The van der Waals surface area contributed by atoms with Crippen LogP contribution in [0.1, 0.15) is 43.1 Å². The minimum absolute atomic E-state index is 0.138. The second kappa shape index (κ2) is 16.6. The van der Waals surface area contributed by atoms with Crippen LogP contribution in [0.5, 0.6) is 0 Å². The van der Waals surface area contributed by atoms with Crippen LogP contribution in [0.4, 0.5) is 0 Å². The van der Waals surface area contributed by atoms with Gasteiger partial charge in [0.2, 0.25) is 0 Å². The molecule has 0 radical (unpaired) electrons. The fourth-order valence-corrected chi connectivity index (χ4v) is 15.0. The van der Waals surface area contributed by atoms with Crippen LogP contribution in [0.2, 0.25) is 0 Å². The lowest BCUT2D eigenvalue weighted by Crippen LogP contribution is -1.96. The zero-order chi connectivity index (χ0) is 43.4. The van der Waals surface area contributed by atoms with E-state index >= 15 is 0 Å². The van der Waals surface area contributed by atoms with E-state index in [1.54, 1.807) is 22.7 Å². The summed E-state index contributed by atoms with van der Waals surface area (Å²) >= 11 is 10.2. The lowest BCUT2D eigenvalue weighted by Gasteiger charge is -2.19. The van der Waals surface area contributed by atoms with Gasteiger partial charge in [-0.15, -0.1) is 68.0 Å². The van der Waals surface area contributed by atoms with Crippen LogP contribution >= 0.6 is 68.0 Å². The first-order chi connectivity index (χ1) is 30.0. The van der Waals surface area contributed by atoms with Crippen molar-refractivity contribution in [3.05, 3.63) is 146 Å². The highest BCUT2D eigenvalue weighted by atomic mass is 32.1. The predicted octanol–water partition coefficient (Wildman–Crippen LogP) is 12.9. The largest absolute Gasteiger partial charge is 0.192 e. The predicted molar refractivity (Wildman–Crippen MR) is 267 cm³/mol. The van der Waals surface area contributed by atoms with Gasteiger partial charge in [-0.2, -0.15) is 21.0 Å². The molecular weight excluding hydrogens is 873 g/mol. The number of nitriles is 4. The zero-order valence-corrected chi connectivity index (χ0v) is 39.4. The van der Waals surface area contributed by atoms with Crippen molar-refractivity contribution < 1.29 is 0 Å². The Morgan fingerprint density at radius 2 is 0.774 bits per heavy atom. The van der Waals surface area contributed by atoms with E-state index in [-0.39, 0.29) is 11.1 Å². The molecular formula is C52H34N4S6. The smallest absolute Gasteiger partial charge is 0.146 e. The van der Waals surface area contributed by atoms with E-state index in [1.165, 1.54) is 118 Å². The fraction of sp³-hybridized carbons (Fsp3) is 0.115. The lowest BCUT2D eigenvalue weighted by molar-refractivity contribution is 1.32. The number of aryl methyl sites for hydroxylation is 6. The first-order valence-corrected chi connectivity index (χ1v) is 24.5. The molecule has 0 aliphatic rings. The molecule has 6 heterocycles. The molecule has 0 N–H and O–H groups in total. The first-order valence-electron chi connectivity index (χ1n) is 19.6. The van der Waals surface area contributed by atoms with Gasteiger partial charge in [0.05, 0.1) is 9.06 Å². The maximum atomic E-state index is 9.40. The standard InChI is InChI=1S/C52H34N4S6/c1-27-15-29(3)47(30(4)16-27)49-39-21-45(43-13-9-37(59-43)19-35-7-11-41(57-35)33(23-53)24-54)62-52(39)50(48-31(5)17-28(2)18-32(48)6)40-22-46(61-51(40)49)44-14-10-38(60-44)20-36-8-12-42(58-36)34(25-55)26-56/h7-22H,1-6H3/b35-19-,36-20-. The van der Waals surface area contributed by atoms with E-state index in [0.29, 0.717) is 9.06 Å². The van der Waals surface area contributed by atoms with Crippen molar-refractivity contribution in [1.82, 2.24) is 0 Å². The number of hydrogen-bond acceptors (Lipinski definition) is 10. The Morgan fingerprint density at radius 1 is 0.403 bits per heavy atom. The molecule has 9 aromatic rings. The average Bonchev–Trinajstić information content (AvgIpc) is 4.09. The van der Waals surface area contributed by atoms with Crippen LogP contribution in [0, 0.1) is 86.9 Å². The third-order valence-corrected chi connectivity index (χ3v) is 17.7. The summed E-state index contributed by atoms with van der Waals surface area (Å²) < 4.78 is 5.93. The van der Waals surface area contributed by atoms with Crippen molar-refractivity contribution >= 4 is 111 Å². The first kappa shape index (κ1) is 41.2. The second-order valence-corrected chi connectivity index (χ2v) is 21.9. The van der Waals surface area contributed by atoms with Gasteiger partial charge in [0.15, 0.2) is 0 Å². The third kappa shape index (κ3) is 7.47. The number of fused-ring (bicyclic) bond motifs is 2. The Hall–Kier alpha value is -6.18. The molecule has 0 aliphatic carbocycles. The molecule has 0 saturated heterocycles. The Morgan fingerprint density at radius 3 is 1.13 bits per heavy atom. The summed E-state index contributed by atoms with van der Waals surface area (Å²) in [5, 5.41) is 40.1. The third-order valence-electron chi connectivity index (χ3n) is 10.8. The topological polar surface area (TPSA) is 95.2 Å². The van der Waals surface area contributed by atoms with Crippen molar-refractivity contribution in [2.45, 2.75) is 41.5 Å². The highest BCUT2D eigenvalue weighted by Gasteiger charge is 2.26. The maximum absolute atomic E-state index is 9.40. The number of thiophene rings is 6. The van der Waals surface area contributed by atoms with Crippen LogP contribution in [-0.2, 0) is 0 Å². The zero-order valence-electron chi connectivity index (χ0n) is 34.5. The molecule has 0 atom stereocenters. The molecule has 0 amide bonds. The summed E-state index contributed by atoms with van der Waals surface area (Å²) in [5.41, 5.74) is 12.9. The number of rotatable bonds is 6. The van der Waals surface area contributed by atoms with Gasteiger partial charge in [-0.1, -0.05) is 35.4 Å². The average molecular weight is 907 g/mol. The molecule has 9 rings (SSSR count). The molecule has 0 spiro atoms. The van der Waals surface area contributed by atoms with Crippen molar-refractivity contribution in [3.8, 4) is 66.0 Å². The van der Waals surface area contributed by atoms with Crippen LogP contribution in [0.3, 0.4) is 0 Å².